The van der Waals surface area contributed by atoms with Crippen LogP contribution in [0.5, 0.6) is 0 Å². The van der Waals surface area contributed by atoms with E-state index in [1.807, 2.05) is 0 Å². The number of nitrogens with one attached hydrogen (secondary N) is 2. The van der Waals surface area contributed by atoms with E-state index in [4.69, 9.17) is 21.1 Å². The molecule has 11 nitrogen and oxygen atoms in total. The van der Waals surface area contributed by atoms with Crippen molar-refractivity contribution >= 4 is 29.7 Å². The Morgan fingerprint density at radius 3 is 1.88 bits per heavy atom. The zero-order valence-corrected chi connectivity index (χ0v) is 13.9. The second-order valence-electron chi connectivity index (χ2n) is 5.77. The van der Waals surface area contributed by atoms with Crippen LogP contribution in [0.3, 0.4) is 0 Å². The van der Waals surface area contributed by atoms with Gasteiger partial charge in [0.2, 0.25) is 11.8 Å². The summed E-state index contributed by atoms with van der Waals surface area (Å²) in [4.78, 5) is 56.5. The lowest BCUT2D eigenvalue weighted by Gasteiger charge is -2.23. The molecule has 0 spiro atoms. The van der Waals surface area contributed by atoms with E-state index in [2.05, 4.69) is 10.6 Å². The third kappa shape index (κ3) is 8.65. The topological polar surface area (TPSA) is 196 Å². The first kappa shape index (κ1) is 22.3. The smallest absolute Gasteiger partial charge is 0.326 e. The molecule has 11 heteroatoms. The van der Waals surface area contributed by atoms with E-state index in [-0.39, 0.29) is 12.8 Å². The molecule has 0 aliphatic heterocycles. The van der Waals surface area contributed by atoms with Crippen molar-refractivity contribution in [1.29, 1.82) is 0 Å². The lowest BCUT2D eigenvalue weighted by Crippen LogP contribution is -2.56. The molecule has 25 heavy (non-hydrogen) atoms. The summed E-state index contributed by atoms with van der Waals surface area (Å²) in [7, 11) is 0. The number of carbonyl (C=O) groups is 5. The summed E-state index contributed by atoms with van der Waals surface area (Å²) < 4.78 is 0. The fraction of sp³-hybridized carbons (Fsp3) is 0.643. The molecule has 0 aromatic heterocycles. The maximum absolute atomic E-state index is 12.1. The van der Waals surface area contributed by atoms with Gasteiger partial charge in [0, 0.05) is 6.42 Å². The van der Waals surface area contributed by atoms with E-state index in [1.165, 1.54) is 0 Å². The molecule has 0 saturated heterocycles. The van der Waals surface area contributed by atoms with Gasteiger partial charge in [-0.3, -0.25) is 19.2 Å². The predicted molar refractivity (Wildman–Crippen MR) is 83.4 cm³/mol. The summed E-state index contributed by atoms with van der Waals surface area (Å²) in [5.41, 5.74) is 5.49. The second-order valence-corrected chi connectivity index (χ2v) is 5.77. The first-order chi connectivity index (χ1) is 11.5. The van der Waals surface area contributed by atoms with E-state index >= 15 is 0 Å². The molecule has 0 aliphatic rings. The van der Waals surface area contributed by atoms with Crippen LogP contribution in [-0.2, 0) is 24.0 Å². The summed E-state index contributed by atoms with van der Waals surface area (Å²) in [6.45, 7) is 3.09. The summed E-state index contributed by atoms with van der Waals surface area (Å²) in [6, 6.07) is -4.05. The average molecular weight is 361 g/mol. The number of carbonyl (C=O) groups excluding carboxylic acids is 2. The van der Waals surface area contributed by atoms with Crippen LogP contribution in [0.1, 0.15) is 33.1 Å². The number of amides is 2. The molecule has 142 valence electrons. The van der Waals surface area contributed by atoms with Gasteiger partial charge in [0.1, 0.15) is 12.1 Å². The van der Waals surface area contributed by atoms with E-state index < -0.39 is 60.2 Å². The van der Waals surface area contributed by atoms with Gasteiger partial charge in [0.15, 0.2) is 0 Å². The van der Waals surface area contributed by atoms with Crippen LogP contribution in [-0.4, -0.2) is 63.2 Å². The molecule has 0 aliphatic carbocycles. The van der Waals surface area contributed by atoms with Gasteiger partial charge in [-0.15, -0.1) is 0 Å². The number of hydrogen-bond acceptors (Lipinski definition) is 6. The third-order valence-electron chi connectivity index (χ3n) is 3.25. The van der Waals surface area contributed by atoms with Gasteiger partial charge in [0.25, 0.3) is 0 Å². The van der Waals surface area contributed by atoms with Crippen LogP contribution in [0.25, 0.3) is 0 Å². The molecule has 0 radical (unpaired) electrons. The Morgan fingerprint density at radius 2 is 1.48 bits per heavy atom. The normalized spacial score (nSPS) is 14.2. The zero-order chi connectivity index (χ0) is 19.7. The van der Waals surface area contributed by atoms with Crippen molar-refractivity contribution in [2.45, 2.75) is 51.2 Å². The number of carboxylic acids is 3. The molecule has 0 bridgehead atoms. The van der Waals surface area contributed by atoms with Crippen molar-refractivity contribution in [2.24, 2.45) is 11.7 Å². The molecule has 0 fully saturated rings. The van der Waals surface area contributed by atoms with Gasteiger partial charge in [-0.2, -0.15) is 0 Å². The number of hydrogen-bond donors (Lipinski definition) is 6. The molecular weight excluding hydrogens is 338 g/mol. The van der Waals surface area contributed by atoms with Crippen molar-refractivity contribution in [1.82, 2.24) is 10.6 Å². The minimum atomic E-state index is -1.54. The largest absolute Gasteiger partial charge is 0.481 e. The van der Waals surface area contributed by atoms with Gasteiger partial charge in [-0.1, -0.05) is 13.8 Å². The molecule has 0 aromatic rings. The summed E-state index contributed by atoms with van der Waals surface area (Å²) >= 11 is 0. The molecule has 2 amide bonds. The van der Waals surface area contributed by atoms with Crippen LogP contribution in [0.4, 0.5) is 0 Å². The Hall–Kier alpha value is -2.69. The van der Waals surface area contributed by atoms with Crippen LogP contribution < -0.4 is 16.4 Å². The Bertz CT molecular complexity index is 534. The highest BCUT2D eigenvalue weighted by Gasteiger charge is 2.30. The van der Waals surface area contributed by atoms with E-state index in [0.29, 0.717) is 0 Å². The van der Waals surface area contributed by atoms with Crippen LogP contribution >= 0.6 is 0 Å². The molecule has 0 rings (SSSR count). The van der Waals surface area contributed by atoms with Gasteiger partial charge in [0.05, 0.1) is 12.5 Å². The van der Waals surface area contributed by atoms with Crippen LogP contribution in [0.2, 0.25) is 0 Å². The number of carboxylic acid groups (broad SMARTS) is 3. The maximum atomic E-state index is 12.1. The van der Waals surface area contributed by atoms with Gasteiger partial charge < -0.3 is 31.7 Å². The Balaban J connectivity index is 5.01. The number of rotatable bonds is 11. The van der Waals surface area contributed by atoms with Crippen LogP contribution in [0, 0.1) is 5.92 Å². The number of nitrogens with two attached hydrogens (primary N) is 1. The minimum absolute atomic E-state index is 0.202. The fourth-order valence-electron chi connectivity index (χ4n) is 1.84. The average Bonchev–Trinajstić information content (AvgIpc) is 2.47. The molecule has 3 unspecified atom stereocenters. The Kier molecular flexibility index (Phi) is 9.13. The van der Waals surface area contributed by atoms with E-state index in [9.17, 15) is 24.0 Å². The second kappa shape index (κ2) is 10.2. The monoisotopic (exact) mass is 361 g/mol. The van der Waals surface area contributed by atoms with Crippen molar-refractivity contribution in [2.75, 3.05) is 0 Å². The number of aliphatic carboxylic acids is 3. The van der Waals surface area contributed by atoms with Gasteiger partial charge >= 0.3 is 17.9 Å². The summed E-state index contributed by atoms with van der Waals surface area (Å²) in [5.74, 6) is -6.22. The SMILES string of the molecule is CC(C)C(NC(=O)C(CC(=O)O)NC(=O)C(N)CCC(=O)O)C(=O)O. The maximum Gasteiger partial charge on any atom is 0.326 e. The minimum Gasteiger partial charge on any atom is -0.481 e. The van der Waals surface area contributed by atoms with Gasteiger partial charge in [-0.05, 0) is 12.3 Å². The lowest BCUT2D eigenvalue weighted by molar-refractivity contribution is -0.144. The zero-order valence-electron chi connectivity index (χ0n) is 13.9. The highest BCUT2D eigenvalue weighted by molar-refractivity contribution is 5.94. The van der Waals surface area contributed by atoms with Crippen molar-refractivity contribution in [3.8, 4) is 0 Å². The highest BCUT2D eigenvalue weighted by atomic mass is 16.4. The summed E-state index contributed by atoms with van der Waals surface area (Å²) in [6.07, 6.45) is -1.36. The molecule has 3 atom stereocenters. The van der Waals surface area contributed by atoms with Crippen molar-refractivity contribution in [3.05, 3.63) is 0 Å². The Labute approximate surface area is 143 Å². The quantitative estimate of drug-likeness (QED) is 0.250. The third-order valence-corrected chi connectivity index (χ3v) is 3.25. The van der Waals surface area contributed by atoms with Gasteiger partial charge in [-0.25, -0.2) is 4.79 Å². The first-order valence-corrected chi connectivity index (χ1v) is 7.48. The Morgan fingerprint density at radius 1 is 0.920 bits per heavy atom. The molecular formula is C14H23N3O8. The summed E-state index contributed by atoms with van der Waals surface area (Å²) in [5, 5.41) is 30.7. The van der Waals surface area contributed by atoms with E-state index in [1.54, 1.807) is 13.8 Å². The first-order valence-electron chi connectivity index (χ1n) is 7.48. The molecule has 0 heterocycles. The molecule has 7 N–H and O–H groups in total. The van der Waals surface area contributed by atoms with E-state index in [0.717, 1.165) is 0 Å². The highest BCUT2D eigenvalue weighted by Crippen LogP contribution is 2.04. The predicted octanol–water partition coefficient (Wildman–Crippen LogP) is -1.64. The fourth-order valence-corrected chi connectivity index (χ4v) is 1.84. The van der Waals surface area contributed by atoms with Crippen molar-refractivity contribution in [3.63, 3.8) is 0 Å². The lowest BCUT2D eigenvalue weighted by atomic mass is 10.0. The molecule has 0 aromatic carbocycles. The van der Waals surface area contributed by atoms with Crippen molar-refractivity contribution < 1.29 is 39.3 Å². The standard InChI is InChI=1S/C14H23N3O8/c1-6(2)11(14(24)25)17-13(23)8(5-10(20)21)16-12(22)7(15)3-4-9(18)19/h6-8,11H,3-5,15H2,1-2H3,(H,16,22)(H,17,23)(H,18,19)(H,20,21)(H,24,25). The molecule has 0 saturated carbocycles. The van der Waals surface area contributed by atoms with Crippen LogP contribution in [0.15, 0.2) is 0 Å².